The predicted octanol–water partition coefficient (Wildman–Crippen LogP) is 5.53. The molecule has 0 bridgehead atoms. The average Bonchev–Trinajstić information content (AvgIpc) is 3.53. The monoisotopic (exact) mass is 725 g/mol. The minimum absolute atomic E-state index is 0.0137. The molecule has 2 aromatic rings. The van der Waals surface area contributed by atoms with Gasteiger partial charge in [0.25, 0.3) is 0 Å². The molecule has 49 heavy (non-hydrogen) atoms. The number of aliphatic imine (C=N–C) groups is 1. The van der Waals surface area contributed by atoms with Crippen LogP contribution in [0.2, 0.25) is 0 Å². The molecule has 1 fully saturated rings. The van der Waals surface area contributed by atoms with Crippen LogP contribution in [0.3, 0.4) is 0 Å². The molecular weight excluding hydrogens is 684 g/mol. The van der Waals surface area contributed by atoms with Crippen molar-refractivity contribution in [2.45, 2.75) is 72.2 Å². The third kappa shape index (κ3) is 13.6. The molecule has 2 amide bonds. The van der Waals surface area contributed by atoms with Gasteiger partial charge in [0.15, 0.2) is 0 Å². The Morgan fingerprint density at radius 2 is 1.49 bits per heavy atom. The van der Waals surface area contributed by atoms with Crippen molar-refractivity contribution in [1.29, 1.82) is 0 Å². The fourth-order valence-electron chi connectivity index (χ4n) is 4.11. The zero-order valence-electron chi connectivity index (χ0n) is 27.6. The highest BCUT2D eigenvalue weighted by Crippen LogP contribution is 2.64. The number of nitrogens with zero attached hydrogens (tertiary/aromatic N) is 2. The molecule has 1 aliphatic heterocycles. The molecular formula is C31H41N3O13P2. The number of amides is 2. The molecule has 3 rings (SSSR count). The Balaban J connectivity index is 1.64. The van der Waals surface area contributed by atoms with Crippen LogP contribution in [0.25, 0.3) is 0 Å². The third-order valence-corrected chi connectivity index (χ3v) is 9.87. The SMILES string of the molecule is C=C(CC)C(N)=NC(=O)N(C)C1CCC(COP(=O)(O)OP(=O)(OCc2ccc(COC(C)=O)cc2)OCc2ccc(OC(C)=O)cc2)O1. The zero-order chi connectivity index (χ0) is 36.2. The van der Waals surface area contributed by atoms with Crippen LogP contribution in [0, 0.1) is 0 Å². The molecule has 0 radical (unpaired) electrons. The van der Waals surface area contributed by atoms with Crippen molar-refractivity contribution in [3.05, 3.63) is 77.4 Å². The largest absolute Gasteiger partial charge is 0.484 e. The second-order valence-electron chi connectivity index (χ2n) is 10.8. The molecule has 1 saturated heterocycles. The topological polar surface area (TPSA) is 212 Å². The molecule has 2 aromatic carbocycles. The molecule has 0 aromatic heterocycles. The van der Waals surface area contributed by atoms with E-state index >= 15 is 0 Å². The van der Waals surface area contributed by atoms with E-state index in [1.54, 1.807) is 24.3 Å². The summed E-state index contributed by atoms with van der Waals surface area (Å²) in [5, 5.41) is 0. The number of phosphoric ester groups is 2. The molecule has 4 atom stereocenters. The number of carbonyl (C=O) groups excluding carboxylic acids is 3. The first-order valence-electron chi connectivity index (χ1n) is 15.1. The van der Waals surface area contributed by atoms with Gasteiger partial charge in [-0.05, 0) is 53.7 Å². The zero-order valence-corrected chi connectivity index (χ0v) is 29.4. The van der Waals surface area contributed by atoms with E-state index in [2.05, 4.69) is 11.6 Å². The van der Waals surface area contributed by atoms with Crippen molar-refractivity contribution in [2.75, 3.05) is 13.7 Å². The molecule has 4 unspecified atom stereocenters. The smallest absolute Gasteiger partial charge is 0.461 e. The molecule has 1 aliphatic rings. The lowest BCUT2D eigenvalue weighted by molar-refractivity contribution is -0.142. The lowest BCUT2D eigenvalue weighted by Gasteiger charge is -2.24. The predicted molar refractivity (Wildman–Crippen MR) is 176 cm³/mol. The van der Waals surface area contributed by atoms with Gasteiger partial charge in [-0.25, -0.2) is 13.9 Å². The van der Waals surface area contributed by atoms with Crippen LogP contribution in [-0.4, -0.2) is 59.6 Å². The number of phosphoric acid groups is 2. The summed E-state index contributed by atoms with van der Waals surface area (Å²) in [6.45, 7) is 6.97. The van der Waals surface area contributed by atoms with Crippen LogP contribution in [-0.2, 0) is 65.9 Å². The fraction of sp³-hybridized carbons (Fsp3) is 0.419. The van der Waals surface area contributed by atoms with E-state index < -0.39 is 52.6 Å². The first kappa shape index (κ1) is 39.7. The lowest BCUT2D eigenvalue weighted by atomic mass is 10.1. The Labute approximate surface area is 284 Å². The summed E-state index contributed by atoms with van der Waals surface area (Å²) in [4.78, 5) is 50.4. The van der Waals surface area contributed by atoms with E-state index in [9.17, 15) is 28.4 Å². The first-order valence-corrected chi connectivity index (χ1v) is 18.0. The highest BCUT2D eigenvalue weighted by Gasteiger charge is 2.40. The van der Waals surface area contributed by atoms with Gasteiger partial charge in [-0.15, -0.1) is 0 Å². The van der Waals surface area contributed by atoms with Gasteiger partial charge in [0.05, 0.1) is 25.9 Å². The second-order valence-corrected chi connectivity index (χ2v) is 14.1. The van der Waals surface area contributed by atoms with Crippen LogP contribution in [0.4, 0.5) is 4.79 Å². The van der Waals surface area contributed by atoms with Crippen molar-refractivity contribution in [3.63, 3.8) is 0 Å². The minimum atomic E-state index is -5.08. The Morgan fingerprint density at radius 1 is 0.939 bits per heavy atom. The summed E-state index contributed by atoms with van der Waals surface area (Å²) >= 11 is 0. The number of urea groups is 1. The maximum Gasteiger partial charge on any atom is 0.484 e. The summed E-state index contributed by atoms with van der Waals surface area (Å²) in [6, 6.07) is 11.9. The van der Waals surface area contributed by atoms with Crippen LogP contribution >= 0.6 is 15.6 Å². The number of carbonyl (C=O) groups is 3. The van der Waals surface area contributed by atoms with Crippen LogP contribution in [0.5, 0.6) is 5.75 Å². The van der Waals surface area contributed by atoms with Crippen LogP contribution in [0.15, 0.2) is 65.7 Å². The molecule has 1 heterocycles. The first-order chi connectivity index (χ1) is 23.1. The third-order valence-electron chi connectivity index (χ3n) is 6.88. The summed E-state index contributed by atoms with van der Waals surface area (Å²) in [6.07, 6.45) is -0.187. The summed E-state index contributed by atoms with van der Waals surface area (Å²) in [7, 11) is -8.40. The molecule has 0 spiro atoms. The number of rotatable bonds is 17. The lowest BCUT2D eigenvalue weighted by Crippen LogP contribution is -2.36. The summed E-state index contributed by atoms with van der Waals surface area (Å²) in [5.41, 5.74) is 7.92. The van der Waals surface area contributed by atoms with Crippen molar-refractivity contribution in [1.82, 2.24) is 4.90 Å². The molecule has 268 valence electrons. The number of ether oxygens (including phenoxy) is 3. The van der Waals surface area contributed by atoms with Gasteiger partial charge in [-0.2, -0.15) is 9.30 Å². The summed E-state index contributed by atoms with van der Waals surface area (Å²) in [5.74, 6) is -0.671. The minimum Gasteiger partial charge on any atom is -0.461 e. The van der Waals surface area contributed by atoms with Gasteiger partial charge in [0.1, 0.15) is 24.4 Å². The normalized spacial score (nSPS) is 18.6. The standard InChI is InChI=1S/C31H41N3O13P2/c1-6-21(2)30(32)33-31(37)34(5)29-16-15-28(46-29)20-42-48(38,39)47-49(40,44-19-26-11-13-27(14-12-26)45-23(4)36)43-18-25-9-7-24(8-10-25)17-41-22(3)35/h7-14,28-29H,2,6,15-20H2,1,3-5H3,(H,38,39)(H2,32,33,37). The Bertz CT molecular complexity index is 1600. The number of amidine groups is 1. The van der Waals surface area contributed by atoms with E-state index in [0.29, 0.717) is 41.5 Å². The number of esters is 2. The van der Waals surface area contributed by atoms with E-state index in [1.165, 1.54) is 50.1 Å². The molecule has 0 aliphatic carbocycles. The highest BCUT2D eigenvalue weighted by molar-refractivity contribution is 7.61. The Hall–Kier alpha value is -3.72. The van der Waals surface area contributed by atoms with Crippen molar-refractivity contribution in [3.8, 4) is 5.75 Å². The number of nitrogens with two attached hydrogens (primary N) is 1. The van der Waals surface area contributed by atoms with Crippen molar-refractivity contribution in [2.24, 2.45) is 10.7 Å². The maximum atomic E-state index is 13.7. The Kier molecular flexibility index (Phi) is 14.9. The fourth-order valence-corrected chi connectivity index (χ4v) is 6.73. The average molecular weight is 726 g/mol. The molecule has 18 heteroatoms. The number of benzene rings is 2. The van der Waals surface area contributed by atoms with Crippen LogP contribution in [0.1, 0.15) is 56.7 Å². The number of hydrogen-bond acceptors (Lipinski definition) is 12. The Morgan fingerprint density at radius 3 is 2.02 bits per heavy atom. The summed E-state index contributed by atoms with van der Waals surface area (Å²) < 4.78 is 63.4. The molecule has 3 N–H and O–H groups in total. The van der Waals surface area contributed by atoms with Gasteiger partial charge >= 0.3 is 33.6 Å². The van der Waals surface area contributed by atoms with E-state index in [-0.39, 0.29) is 31.4 Å². The number of hydrogen-bond donors (Lipinski definition) is 2. The quantitative estimate of drug-likeness (QED) is 0.0675. The van der Waals surface area contributed by atoms with Gasteiger partial charge in [0.2, 0.25) is 0 Å². The van der Waals surface area contributed by atoms with Gasteiger partial charge in [-0.1, -0.05) is 49.9 Å². The van der Waals surface area contributed by atoms with E-state index in [1.807, 2.05) is 6.92 Å². The second kappa shape index (κ2) is 18.3. The maximum absolute atomic E-state index is 13.7. The molecule has 0 saturated carbocycles. The highest BCUT2D eigenvalue weighted by atomic mass is 31.3. The van der Waals surface area contributed by atoms with Gasteiger partial charge < -0.3 is 24.8 Å². The van der Waals surface area contributed by atoms with Gasteiger partial charge in [-0.3, -0.25) is 28.1 Å². The molecule has 16 nitrogen and oxygen atoms in total. The van der Waals surface area contributed by atoms with Crippen LogP contribution < -0.4 is 10.5 Å². The van der Waals surface area contributed by atoms with Crippen molar-refractivity contribution >= 4 is 39.5 Å². The van der Waals surface area contributed by atoms with Gasteiger partial charge in [0, 0.05) is 20.9 Å². The van der Waals surface area contributed by atoms with E-state index in [4.69, 9.17) is 37.8 Å². The van der Waals surface area contributed by atoms with Crippen molar-refractivity contribution < 1.29 is 60.5 Å². The van der Waals surface area contributed by atoms with E-state index in [0.717, 1.165) is 0 Å².